The van der Waals surface area contributed by atoms with Gasteiger partial charge in [0.15, 0.2) is 5.82 Å². The van der Waals surface area contributed by atoms with Crippen LogP contribution in [-0.4, -0.2) is 20.7 Å². The van der Waals surface area contributed by atoms with Gasteiger partial charge in [-0.2, -0.15) is 0 Å². The van der Waals surface area contributed by atoms with Crippen molar-refractivity contribution in [3.05, 3.63) is 33.0 Å². The van der Waals surface area contributed by atoms with Gasteiger partial charge in [-0.1, -0.05) is 6.42 Å². The number of nitrogens with one attached hydrogen (secondary N) is 1. The number of amides is 1. The van der Waals surface area contributed by atoms with Crippen LogP contribution in [0.25, 0.3) is 0 Å². The van der Waals surface area contributed by atoms with Gasteiger partial charge in [-0.25, -0.2) is 0 Å². The summed E-state index contributed by atoms with van der Waals surface area (Å²) in [7, 11) is 0. The lowest BCUT2D eigenvalue weighted by Crippen LogP contribution is -2.29. The number of rotatable bonds is 3. The minimum absolute atomic E-state index is 0.0275. The summed E-state index contributed by atoms with van der Waals surface area (Å²) in [6.07, 6.45) is 4.54. The molecule has 0 radical (unpaired) electrons. The maximum Gasteiger partial charge on any atom is 0.252 e. The molecule has 0 unspecified atom stereocenters. The van der Waals surface area contributed by atoms with Crippen molar-refractivity contribution in [3.8, 4) is 0 Å². The lowest BCUT2D eigenvalue weighted by molar-refractivity contribution is 0.0937. The molecule has 1 N–H and O–H groups in total. The normalized spacial score (nSPS) is 16.0. The first-order valence-electron chi connectivity index (χ1n) is 7.86. The maximum absolute atomic E-state index is 12.5. The number of hydrogen-bond acceptors (Lipinski definition) is 4. The number of nitrogens with zero attached hydrogens (tertiary/aromatic N) is 3. The molecule has 0 bridgehead atoms. The number of thiophene rings is 1. The molecule has 0 aliphatic carbocycles. The van der Waals surface area contributed by atoms with Gasteiger partial charge in [0.25, 0.3) is 5.91 Å². The Bertz CT molecular complexity index is 688. The summed E-state index contributed by atoms with van der Waals surface area (Å²) in [5, 5.41) is 11.7. The summed E-state index contributed by atoms with van der Waals surface area (Å²) in [6, 6.07) is 1.82. The zero-order valence-electron chi connectivity index (χ0n) is 13.3. The topological polar surface area (TPSA) is 59.8 Å². The van der Waals surface area contributed by atoms with Crippen LogP contribution in [0.15, 0.2) is 6.07 Å². The molecule has 0 saturated heterocycles. The number of hydrogen-bond donors (Lipinski definition) is 1. The minimum Gasteiger partial charge on any atom is -0.342 e. The second kappa shape index (κ2) is 6.20. The highest BCUT2D eigenvalue weighted by Crippen LogP contribution is 2.22. The van der Waals surface area contributed by atoms with Crippen molar-refractivity contribution in [2.75, 3.05) is 0 Å². The van der Waals surface area contributed by atoms with Crippen molar-refractivity contribution in [3.63, 3.8) is 0 Å². The Morgan fingerprint density at radius 3 is 2.86 bits per heavy atom. The molecule has 5 nitrogen and oxygen atoms in total. The molecule has 1 aliphatic heterocycles. The van der Waals surface area contributed by atoms with E-state index < -0.39 is 0 Å². The average molecular weight is 318 g/mol. The van der Waals surface area contributed by atoms with E-state index in [0.29, 0.717) is 0 Å². The molecule has 0 aromatic carbocycles. The Hall–Kier alpha value is -1.69. The van der Waals surface area contributed by atoms with Gasteiger partial charge in [0.2, 0.25) is 0 Å². The zero-order chi connectivity index (χ0) is 15.7. The van der Waals surface area contributed by atoms with Gasteiger partial charge in [0, 0.05) is 22.7 Å². The Morgan fingerprint density at radius 1 is 1.32 bits per heavy atom. The number of aromatic nitrogens is 3. The second-order valence-electron chi connectivity index (χ2n) is 5.96. The predicted octanol–water partition coefficient (Wildman–Crippen LogP) is 3.17. The van der Waals surface area contributed by atoms with Crippen molar-refractivity contribution in [2.24, 2.45) is 0 Å². The molecule has 22 heavy (non-hydrogen) atoms. The van der Waals surface area contributed by atoms with Crippen LogP contribution in [0.2, 0.25) is 0 Å². The van der Waals surface area contributed by atoms with E-state index in [2.05, 4.69) is 20.1 Å². The monoisotopic (exact) mass is 318 g/mol. The molecular formula is C16H22N4OS. The second-order valence-corrected chi connectivity index (χ2v) is 7.42. The van der Waals surface area contributed by atoms with Gasteiger partial charge in [-0.3, -0.25) is 4.79 Å². The molecule has 1 amide bonds. The van der Waals surface area contributed by atoms with Crippen molar-refractivity contribution in [1.82, 2.24) is 20.1 Å². The average Bonchev–Trinajstić information content (AvgIpc) is 2.94. The third-order valence-electron chi connectivity index (χ3n) is 4.16. The largest absolute Gasteiger partial charge is 0.342 e. The smallest absolute Gasteiger partial charge is 0.252 e. The predicted molar refractivity (Wildman–Crippen MR) is 87.3 cm³/mol. The van der Waals surface area contributed by atoms with Crippen molar-refractivity contribution < 1.29 is 4.79 Å². The molecule has 6 heteroatoms. The van der Waals surface area contributed by atoms with Crippen molar-refractivity contribution >= 4 is 17.2 Å². The van der Waals surface area contributed by atoms with E-state index in [-0.39, 0.29) is 11.9 Å². The molecule has 1 atom stereocenters. The third kappa shape index (κ3) is 2.92. The fourth-order valence-electron chi connectivity index (χ4n) is 3.02. The first-order valence-corrected chi connectivity index (χ1v) is 8.68. The highest BCUT2D eigenvalue weighted by Gasteiger charge is 2.22. The Labute approximate surface area is 134 Å². The summed E-state index contributed by atoms with van der Waals surface area (Å²) in [5.41, 5.74) is 0.768. The summed E-state index contributed by atoms with van der Waals surface area (Å²) in [4.78, 5) is 14.7. The number of aryl methyl sites for hydroxylation is 3. The lowest BCUT2D eigenvalue weighted by atomic mass is 10.2. The maximum atomic E-state index is 12.5. The highest BCUT2D eigenvalue weighted by molar-refractivity contribution is 7.12. The van der Waals surface area contributed by atoms with E-state index in [1.165, 1.54) is 12.8 Å². The molecule has 3 heterocycles. The van der Waals surface area contributed by atoms with Crippen LogP contribution < -0.4 is 5.32 Å². The van der Waals surface area contributed by atoms with E-state index in [4.69, 9.17) is 0 Å². The van der Waals surface area contributed by atoms with Crippen LogP contribution in [0.1, 0.15) is 64.0 Å². The van der Waals surface area contributed by atoms with E-state index in [1.807, 2.05) is 26.8 Å². The zero-order valence-corrected chi connectivity index (χ0v) is 14.2. The summed E-state index contributed by atoms with van der Waals surface area (Å²) in [6.45, 7) is 6.94. The Balaban J connectivity index is 1.77. The van der Waals surface area contributed by atoms with Crippen molar-refractivity contribution in [1.29, 1.82) is 0 Å². The molecule has 2 aromatic heterocycles. The van der Waals surface area contributed by atoms with Crippen LogP contribution in [0, 0.1) is 13.8 Å². The van der Waals surface area contributed by atoms with Gasteiger partial charge in [0.05, 0.1) is 11.6 Å². The number of fused-ring (bicyclic) bond motifs is 1. The molecule has 118 valence electrons. The van der Waals surface area contributed by atoms with Gasteiger partial charge in [0.1, 0.15) is 5.82 Å². The van der Waals surface area contributed by atoms with Gasteiger partial charge >= 0.3 is 0 Å². The Morgan fingerprint density at radius 2 is 2.14 bits per heavy atom. The highest BCUT2D eigenvalue weighted by atomic mass is 32.1. The lowest BCUT2D eigenvalue weighted by Gasteiger charge is -2.15. The standard InChI is InChI=1S/C16H22N4OS/c1-10-9-13(12(3)22-10)16(21)17-11(2)15-19-18-14-7-5-4-6-8-20(14)15/h9,11H,4-8H2,1-3H3,(H,17,21)/t11-/m0/s1. The molecule has 0 fully saturated rings. The molecule has 0 spiro atoms. The SMILES string of the molecule is Cc1cc(C(=O)N[C@@H](C)c2nnc3n2CCCCC3)c(C)s1. The summed E-state index contributed by atoms with van der Waals surface area (Å²) in [5.74, 6) is 1.89. The fourth-order valence-corrected chi connectivity index (χ4v) is 3.94. The quantitative estimate of drug-likeness (QED) is 0.945. The molecule has 3 rings (SSSR count). The van der Waals surface area contributed by atoms with Gasteiger partial charge in [-0.05, 0) is 39.7 Å². The van der Waals surface area contributed by atoms with E-state index >= 15 is 0 Å². The number of carbonyl (C=O) groups is 1. The first kappa shape index (κ1) is 15.2. The first-order chi connectivity index (χ1) is 10.6. The van der Waals surface area contributed by atoms with Gasteiger partial charge in [-0.15, -0.1) is 21.5 Å². The molecule has 0 saturated carbocycles. The molecular weight excluding hydrogens is 296 g/mol. The van der Waals surface area contributed by atoms with Crippen LogP contribution in [0.3, 0.4) is 0 Å². The van der Waals surface area contributed by atoms with Crippen LogP contribution in [0.4, 0.5) is 0 Å². The van der Waals surface area contributed by atoms with E-state index in [1.54, 1.807) is 11.3 Å². The van der Waals surface area contributed by atoms with E-state index in [9.17, 15) is 4.79 Å². The van der Waals surface area contributed by atoms with Crippen LogP contribution in [0.5, 0.6) is 0 Å². The molecule has 1 aliphatic rings. The molecule has 2 aromatic rings. The minimum atomic E-state index is -0.133. The van der Waals surface area contributed by atoms with Crippen LogP contribution >= 0.6 is 11.3 Å². The summed E-state index contributed by atoms with van der Waals surface area (Å²) >= 11 is 1.65. The summed E-state index contributed by atoms with van der Waals surface area (Å²) < 4.78 is 2.18. The van der Waals surface area contributed by atoms with E-state index in [0.717, 1.165) is 46.4 Å². The van der Waals surface area contributed by atoms with Gasteiger partial charge < -0.3 is 9.88 Å². The van der Waals surface area contributed by atoms with Crippen molar-refractivity contribution in [2.45, 2.75) is 59.0 Å². The fraction of sp³-hybridized carbons (Fsp3) is 0.562. The third-order valence-corrected chi connectivity index (χ3v) is 5.12. The Kier molecular flexibility index (Phi) is 4.29. The number of carbonyl (C=O) groups excluding carboxylic acids is 1. The van der Waals surface area contributed by atoms with Crippen LogP contribution in [-0.2, 0) is 13.0 Å².